The van der Waals surface area contributed by atoms with Gasteiger partial charge in [0.05, 0.1) is 13.2 Å². The average Bonchev–Trinajstić information content (AvgIpc) is 2.64. The predicted octanol–water partition coefficient (Wildman–Crippen LogP) is 6.37. The molecule has 0 amide bonds. The molecule has 0 atom stereocenters. The van der Waals surface area contributed by atoms with E-state index in [0.29, 0.717) is 31.6 Å². The molecule has 0 saturated heterocycles. The van der Waals surface area contributed by atoms with E-state index in [2.05, 4.69) is 0 Å². The maximum Gasteiger partial charge on any atom is 0.513 e. The van der Waals surface area contributed by atoms with Gasteiger partial charge in [-0.25, -0.2) is 9.59 Å². The minimum Gasteiger partial charge on any atom is -0.434 e. The van der Waals surface area contributed by atoms with E-state index >= 15 is 0 Å². The van der Waals surface area contributed by atoms with Crippen LogP contribution in [-0.4, -0.2) is 25.5 Å². The highest BCUT2D eigenvalue weighted by molar-refractivity contribution is 6.33. The van der Waals surface area contributed by atoms with Crippen molar-refractivity contribution in [2.24, 2.45) is 0 Å². The van der Waals surface area contributed by atoms with Crippen molar-refractivity contribution >= 4 is 57.1 Å². The van der Waals surface area contributed by atoms with Gasteiger partial charge in [0.25, 0.3) is 0 Å². The van der Waals surface area contributed by atoms with Gasteiger partial charge in [0.1, 0.15) is 0 Å². The number of ether oxygens (including phenoxy) is 4. The van der Waals surface area contributed by atoms with Gasteiger partial charge in [0, 0.05) is 31.6 Å². The van der Waals surface area contributed by atoms with E-state index in [1.807, 2.05) is 0 Å². The van der Waals surface area contributed by atoms with Crippen LogP contribution in [0, 0.1) is 0 Å². The summed E-state index contributed by atoms with van der Waals surface area (Å²) < 4.78 is 20.7. The first-order valence-corrected chi connectivity index (χ1v) is 9.23. The van der Waals surface area contributed by atoms with Crippen LogP contribution in [0.4, 0.5) is 9.59 Å². The van der Waals surface area contributed by atoms with Gasteiger partial charge in [0.2, 0.25) is 0 Å². The van der Waals surface area contributed by atoms with E-state index in [4.69, 9.17) is 42.1 Å². The van der Waals surface area contributed by atoms with Crippen molar-refractivity contribution in [1.29, 1.82) is 0 Å². The summed E-state index contributed by atoms with van der Waals surface area (Å²) in [6.45, 7) is 3.66. The van der Waals surface area contributed by atoms with Gasteiger partial charge in [-0.3, -0.25) is 0 Å². The lowest BCUT2D eigenvalue weighted by Gasteiger charge is -2.16. The van der Waals surface area contributed by atoms with Crippen molar-refractivity contribution in [2.45, 2.75) is 13.8 Å². The molecule has 0 spiro atoms. The molecule has 3 aromatic carbocycles. The van der Waals surface area contributed by atoms with E-state index in [-0.39, 0.29) is 24.7 Å². The Morgan fingerprint density at radius 2 is 1.11 bits per heavy atom. The van der Waals surface area contributed by atoms with Gasteiger partial charge in [-0.2, -0.15) is 0 Å². The van der Waals surface area contributed by atoms with Crippen LogP contribution in [0.15, 0.2) is 36.4 Å². The first-order chi connectivity index (χ1) is 13.4. The average molecular weight is 423 g/mol. The van der Waals surface area contributed by atoms with Gasteiger partial charge in [0.15, 0.2) is 11.5 Å². The van der Waals surface area contributed by atoms with Crippen LogP contribution in [0.3, 0.4) is 0 Å². The number of hydrogen-bond donors (Lipinski definition) is 0. The summed E-state index contributed by atoms with van der Waals surface area (Å²) in [6.07, 6.45) is -1.72. The summed E-state index contributed by atoms with van der Waals surface area (Å²) >= 11 is 12.3. The molecule has 6 nitrogen and oxygen atoms in total. The molecule has 3 rings (SSSR count). The lowest BCUT2D eigenvalue weighted by atomic mass is 10.0. The van der Waals surface area contributed by atoms with Crippen LogP contribution in [-0.2, 0) is 9.47 Å². The smallest absolute Gasteiger partial charge is 0.434 e. The van der Waals surface area contributed by atoms with Crippen LogP contribution in [0.25, 0.3) is 21.5 Å². The Morgan fingerprint density at radius 3 is 1.46 bits per heavy atom. The highest BCUT2D eigenvalue weighted by Crippen LogP contribution is 2.44. The van der Waals surface area contributed by atoms with Crippen LogP contribution < -0.4 is 9.47 Å². The molecule has 0 aliphatic heterocycles. The first kappa shape index (κ1) is 20.0. The predicted molar refractivity (Wildman–Crippen MR) is 107 cm³/mol. The fourth-order valence-corrected chi connectivity index (χ4v) is 3.12. The lowest BCUT2D eigenvalue weighted by Crippen LogP contribution is -2.12. The molecule has 146 valence electrons. The Kier molecular flexibility index (Phi) is 6.11. The van der Waals surface area contributed by atoms with Crippen molar-refractivity contribution < 1.29 is 28.5 Å². The molecule has 3 aromatic rings. The van der Waals surface area contributed by atoms with Gasteiger partial charge in [-0.1, -0.05) is 23.2 Å². The van der Waals surface area contributed by atoms with Gasteiger partial charge < -0.3 is 18.9 Å². The zero-order valence-corrected chi connectivity index (χ0v) is 16.6. The maximum absolute atomic E-state index is 12.0. The number of benzene rings is 3. The van der Waals surface area contributed by atoms with Crippen molar-refractivity contribution in [1.82, 2.24) is 0 Å². The second-order valence-corrected chi connectivity index (χ2v) is 6.48. The van der Waals surface area contributed by atoms with Crippen molar-refractivity contribution in [3.05, 3.63) is 46.4 Å². The van der Waals surface area contributed by atoms with E-state index in [0.717, 1.165) is 0 Å². The lowest BCUT2D eigenvalue weighted by molar-refractivity contribution is 0.103. The van der Waals surface area contributed by atoms with E-state index in [9.17, 15) is 9.59 Å². The molecule has 0 aromatic heterocycles. The van der Waals surface area contributed by atoms with Gasteiger partial charge in [-0.15, -0.1) is 0 Å². The second-order valence-electron chi connectivity index (χ2n) is 5.61. The number of hydrogen-bond acceptors (Lipinski definition) is 6. The minimum absolute atomic E-state index is 0.158. The Labute approximate surface area is 170 Å². The summed E-state index contributed by atoms with van der Waals surface area (Å²) in [6, 6.07) is 9.79. The molecule has 0 N–H and O–H groups in total. The molecule has 0 bridgehead atoms. The normalized spacial score (nSPS) is 10.7. The molecule has 28 heavy (non-hydrogen) atoms. The third-order valence-electron chi connectivity index (χ3n) is 3.84. The third kappa shape index (κ3) is 4.08. The van der Waals surface area contributed by atoms with Crippen molar-refractivity contribution in [3.63, 3.8) is 0 Å². The summed E-state index contributed by atoms with van der Waals surface area (Å²) in [4.78, 5) is 24.0. The topological polar surface area (TPSA) is 71.1 Å². The summed E-state index contributed by atoms with van der Waals surface area (Å²) in [5, 5.41) is 2.75. The molecule has 0 heterocycles. The minimum atomic E-state index is -0.862. The number of carbonyl (C=O) groups is 2. The van der Waals surface area contributed by atoms with Crippen molar-refractivity contribution in [3.8, 4) is 11.5 Å². The molecular weight excluding hydrogens is 407 g/mol. The van der Waals surface area contributed by atoms with Crippen LogP contribution in [0.5, 0.6) is 11.5 Å². The summed E-state index contributed by atoms with van der Waals surface area (Å²) in [7, 11) is 0. The molecule has 0 aliphatic rings. The molecule has 0 radical (unpaired) electrons. The number of rotatable bonds is 4. The van der Waals surface area contributed by atoms with Crippen molar-refractivity contribution in [2.75, 3.05) is 13.2 Å². The van der Waals surface area contributed by atoms with E-state index < -0.39 is 12.3 Å². The molecule has 0 fully saturated rings. The van der Waals surface area contributed by atoms with Crippen LogP contribution in [0.1, 0.15) is 13.8 Å². The SMILES string of the molecule is CCOC(=O)Oc1c2ccc(Cl)cc2c(OC(=O)OCC)c2ccc(Cl)cc12. The standard InChI is InChI=1S/C20H16Cl2O6/c1-3-25-19(23)27-17-13-7-5-12(22)10-16(13)18(28-20(24)26-4-2)14-8-6-11(21)9-15(14)17/h5-10H,3-4H2,1-2H3. The summed E-state index contributed by atoms with van der Waals surface area (Å²) in [5.41, 5.74) is 0. The maximum atomic E-state index is 12.0. The Bertz CT molecular complexity index is 978. The van der Waals surface area contributed by atoms with E-state index in [1.54, 1.807) is 50.2 Å². The first-order valence-electron chi connectivity index (χ1n) is 8.48. The number of fused-ring (bicyclic) bond motifs is 2. The number of carbonyl (C=O) groups excluding carboxylic acids is 2. The highest BCUT2D eigenvalue weighted by atomic mass is 35.5. The Morgan fingerprint density at radius 1 is 0.714 bits per heavy atom. The van der Waals surface area contributed by atoms with Gasteiger partial charge >= 0.3 is 12.3 Å². The number of halogens is 2. The molecule has 8 heteroatoms. The van der Waals surface area contributed by atoms with E-state index in [1.165, 1.54) is 0 Å². The molecular formula is C20H16Cl2O6. The highest BCUT2D eigenvalue weighted by Gasteiger charge is 2.21. The largest absolute Gasteiger partial charge is 0.513 e. The summed E-state index contributed by atoms with van der Waals surface area (Å²) in [5.74, 6) is 0.442. The van der Waals surface area contributed by atoms with Crippen LogP contribution >= 0.6 is 23.2 Å². The fraction of sp³-hybridized carbons (Fsp3) is 0.200. The molecule has 0 aliphatic carbocycles. The Hall–Kier alpha value is -2.70. The third-order valence-corrected chi connectivity index (χ3v) is 4.31. The zero-order chi connectivity index (χ0) is 20.3. The molecule has 0 saturated carbocycles. The zero-order valence-electron chi connectivity index (χ0n) is 15.1. The second kappa shape index (κ2) is 8.54. The monoisotopic (exact) mass is 422 g/mol. The fourth-order valence-electron chi connectivity index (χ4n) is 2.78. The molecule has 0 unspecified atom stereocenters. The Balaban J connectivity index is 2.33. The quantitative estimate of drug-likeness (QED) is 0.276. The van der Waals surface area contributed by atoms with Gasteiger partial charge in [-0.05, 0) is 50.2 Å². The van der Waals surface area contributed by atoms with Crippen LogP contribution in [0.2, 0.25) is 10.0 Å².